The summed E-state index contributed by atoms with van der Waals surface area (Å²) < 4.78 is 33.7. The van der Waals surface area contributed by atoms with E-state index in [1.807, 2.05) is 26.0 Å². The molecule has 172 valence electrons. The Hall–Kier alpha value is -2.13. The summed E-state index contributed by atoms with van der Waals surface area (Å²) in [6.07, 6.45) is 0.224. The van der Waals surface area contributed by atoms with Gasteiger partial charge in [0.2, 0.25) is 5.91 Å². The van der Waals surface area contributed by atoms with Crippen molar-refractivity contribution in [3.8, 4) is 0 Å². The molecule has 1 amide bonds. The first-order chi connectivity index (χ1) is 14.9. The van der Waals surface area contributed by atoms with Crippen LogP contribution in [0.25, 0.3) is 10.2 Å². The van der Waals surface area contributed by atoms with Crippen molar-refractivity contribution in [3.63, 3.8) is 0 Å². The first-order valence-corrected chi connectivity index (χ1v) is 11.1. The topological polar surface area (TPSA) is 45.7 Å². The standard InChI is InChI=1S/C23H25F2N3O2S.ClH/c1-15-3-4-17(16(2)11-15)12-21(29)28(6-5-27-7-9-30-10-8-27)23-26-22-19(25)13-18(24)14-20(22)31-23;/h3-4,11,13-14H,5-10,12H2,1-2H3;1H. The fourth-order valence-corrected chi connectivity index (χ4v) is 4.80. The molecule has 5 nitrogen and oxygen atoms in total. The lowest BCUT2D eigenvalue weighted by Crippen LogP contribution is -2.43. The van der Waals surface area contributed by atoms with E-state index in [1.165, 1.54) is 6.07 Å². The van der Waals surface area contributed by atoms with Crippen LogP contribution in [0.4, 0.5) is 13.9 Å². The fraction of sp³-hybridized carbons (Fsp3) is 0.391. The summed E-state index contributed by atoms with van der Waals surface area (Å²) in [5.74, 6) is -1.48. The average molecular weight is 482 g/mol. The van der Waals surface area contributed by atoms with Crippen molar-refractivity contribution in [2.24, 2.45) is 0 Å². The number of hydrogen-bond donors (Lipinski definition) is 0. The fourth-order valence-electron chi connectivity index (χ4n) is 3.76. The summed E-state index contributed by atoms with van der Waals surface area (Å²) in [6, 6.07) is 8.09. The summed E-state index contributed by atoms with van der Waals surface area (Å²) in [5, 5.41) is 0.391. The Morgan fingerprint density at radius 2 is 1.94 bits per heavy atom. The number of thiazole rings is 1. The van der Waals surface area contributed by atoms with Crippen LogP contribution in [-0.4, -0.2) is 55.2 Å². The third-order valence-electron chi connectivity index (χ3n) is 5.52. The number of amides is 1. The molecule has 9 heteroatoms. The number of benzene rings is 2. The van der Waals surface area contributed by atoms with E-state index < -0.39 is 11.6 Å². The number of aryl methyl sites for hydroxylation is 2. The normalized spacial score (nSPS) is 14.4. The molecule has 0 bridgehead atoms. The number of rotatable bonds is 6. The number of carbonyl (C=O) groups is 1. The van der Waals surface area contributed by atoms with E-state index in [4.69, 9.17) is 4.74 Å². The van der Waals surface area contributed by atoms with Gasteiger partial charge in [-0.1, -0.05) is 35.1 Å². The minimum absolute atomic E-state index is 0. The number of aromatic nitrogens is 1. The summed E-state index contributed by atoms with van der Waals surface area (Å²) >= 11 is 1.14. The molecule has 0 N–H and O–H groups in total. The number of halogens is 3. The van der Waals surface area contributed by atoms with Gasteiger partial charge in [0.15, 0.2) is 10.9 Å². The lowest BCUT2D eigenvalue weighted by molar-refractivity contribution is -0.118. The SMILES string of the molecule is Cc1ccc(CC(=O)N(CCN2CCOCC2)c2nc3c(F)cc(F)cc3s2)c(C)c1.Cl. The number of nitrogens with zero attached hydrogens (tertiary/aromatic N) is 3. The second-order valence-corrected chi connectivity index (χ2v) is 8.85. The Balaban J connectivity index is 0.00000289. The van der Waals surface area contributed by atoms with Gasteiger partial charge in [-0.2, -0.15) is 0 Å². The third-order valence-corrected chi connectivity index (χ3v) is 6.54. The van der Waals surface area contributed by atoms with Crippen molar-refractivity contribution >= 4 is 45.0 Å². The van der Waals surface area contributed by atoms with Crippen LogP contribution in [0.15, 0.2) is 30.3 Å². The number of fused-ring (bicyclic) bond motifs is 1. The Morgan fingerprint density at radius 1 is 1.19 bits per heavy atom. The van der Waals surface area contributed by atoms with Crippen LogP contribution in [0.5, 0.6) is 0 Å². The van der Waals surface area contributed by atoms with Gasteiger partial charge in [-0.3, -0.25) is 14.6 Å². The lowest BCUT2D eigenvalue weighted by atomic mass is 10.0. The largest absolute Gasteiger partial charge is 0.379 e. The van der Waals surface area contributed by atoms with Gasteiger partial charge in [-0.05, 0) is 31.0 Å². The highest BCUT2D eigenvalue weighted by atomic mass is 35.5. The average Bonchev–Trinajstić information content (AvgIpc) is 3.15. The van der Waals surface area contributed by atoms with Gasteiger partial charge >= 0.3 is 0 Å². The van der Waals surface area contributed by atoms with Crippen molar-refractivity contribution in [2.45, 2.75) is 20.3 Å². The van der Waals surface area contributed by atoms with Crippen LogP contribution < -0.4 is 4.90 Å². The van der Waals surface area contributed by atoms with E-state index >= 15 is 0 Å². The molecule has 1 fully saturated rings. The highest BCUT2D eigenvalue weighted by molar-refractivity contribution is 7.22. The molecule has 0 aliphatic carbocycles. The van der Waals surface area contributed by atoms with Crippen LogP contribution in [-0.2, 0) is 16.0 Å². The Kier molecular flexibility index (Phi) is 8.16. The van der Waals surface area contributed by atoms with Gasteiger partial charge in [0.1, 0.15) is 11.3 Å². The van der Waals surface area contributed by atoms with Crippen LogP contribution in [0.3, 0.4) is 0 Å². The molecule has 1 saturated heterocycles. The zero-order chi connectivity index (χ0) is 22.0. The van der Waals surface area contributed by atoms with Gasteiger partial charge in [0.25, 0.3) is 0 Å². The molecule has 0 spiro atoms. The summed E-state index contributed by atoms with van der Waals surface area (Å²) in [6.45, 7) is 8.04. The highest BCUT2D eigenvalue weighted by Gasteiger charge is 2.23. The molecule has 1 aliphatic heterocycles. The van der Waals surface area contributed by atoms with E-state index in [0.29, 0.717) is 36.1 Å². The number of hydrogen-bond acceptors (Lipinski definition) is 5. The Labute approximate surface area is 196 Å². The first kappa shape index (κ1) is 24.5. The van der Waals surface area contributed by atoms with Crippen LogP contribution in [0.2, 0.25) is 0 Å². The predicted octanol–water partition coefficient (Wildman–Crippen LogP) is 4.52. The summed E-state index contributed by atoms with van der Waals surface area (Å²) in [4.78, 5) is 21.5. The monoisotopic (exact) mass is 481 g/mol. The second-order valence-electron chi connectivity index (χ2n) is 7.84. The number of anilines is 1. The van der Waals surface area contributed by atoms with Gasteiger partial charge in [0, 0.05) is 32.2 Å². The minimum Gasteiger partial charge on any atom is -0.379 e. The summed E-state index contributed by atoms with van der Waals surface area (Å²) in [7, 11) is 0. The maximum Gasteiger partial charge on any atom is 0.233 e. The van der Waals surface area contributed by atoms with Crippen LogP contribution in [0, 0.1) is 25.5 Å². The van der Waals surface area contributed by atoms with Gasteiger partial charge in [-0.25, -0.2) is 13.8 Å². The molecule has 1 aromatic heterocycles. The van der Waals surface area contributed by atoms with Crippen LogP contribution >= 0.6 is 23.7 Å². The molecule has 0 unspecified atom stereocenters. The molecular formula is C23H26ClF2N3O2S. The lowest BCUT2D eigenvalue weighted by Gasteiger charge is -2.29. The zero-order valence-electron chi connectivity index (χ0n) is 18.1. The smallest absolute Gasteiger partial charge is 0.233 e. The highest BCUT2D eigenvalue weighted by Crippen LogP contribution is 2.31. The number of carbonyl (C=O) groups excluding carboxylic acids is 1. The van der Waals surface area contributed by atoms with Crippen molar-refractivity contribution in [3.05, 3.63) is 58.7 Å². The van der Waals surface area contributed by atoms with Crippen molar-refractivity contribution in [1.29, 1.82) is 0 Å². The molecular weight excluding hydrogens is 456 g/mol. The molecule has 3 aromatic rings. The van der Waals surface area contributed by atoms with E-state index in [0.717, 1.165) is 47.2 Å². The van der Waals surface area contributed by atoms with Crippen molar-refractivity contribution in [1.82, 2.24) is 9.88 Å². The number of morpholine rings is 1. The van der Waals surface area contributed by atoms with E-state index in [1.54, 1.807) is 4.90 Å². The maximum atomic E-state index is 14.2. The summed E-state index contributed by atoms with van der Waals surface area (Å²) in [5.41, 5.74) is 3.24. The zero-order valence-corrected chi connectivity index (χ0v) is 19.7. The Morgan fingerprint density at radius 3 is 2.66 bits per heavy atom. The third kappa shape index (κ3) is 5.61. The molecule has 32 heavy (non-hydrogen) atoms. The van der Waals surface area contributed by atoms with E-state index in [2.05, 4.69) is 16.0 Å². The quantitative estimate of drug-likeness (QED) is 0.519. The van der Waals surface area contributed by atoms with Crippen molar-refractivity contribution < 1.29 is 18.3 Å². The predicted molar refractivity (Wildman–Crippen MR) is 126 cm³/mol. The van der Waals surface area contributed by atoms with Gasteiger partial charge in [0.05, 0.1) is 24.3 Å². The minimum atomic E-state index is -0.715. The second kappa shape index (κ2) is 10.7. The number of ether oxygens (including phenoxy) is 1. The molecule has 2 aromatic carbocycles. The molecule has 1 aliphatic rings. The molecule has 0 radical (unpaired) electrons. The molecule has 0 atom stereocenters. The van der Waals surface area contributed by atoms with Crippen LogP contribution in [0.1, 0.15) is 16.7 Å². The first-order valence-electron chi connectivity index (χ1n) is 10.3. The maximum absolute atomic E-state index is 14.2. The van der Waals surface area contributed by atoms with Crippen molar-refractivity contribution in [2.75, 3.05) is 44.3 Å². The van der Waals surface area contributed by atoms with E-state index in [-0.39, 0.29) is 30.3 Å². The molecule has 4 rings (SSSR count). The van der Waals surface area contributed by atoms with Gasteiger partial charge < -0.3 is 4.74 Å². The van der Waals surface area contributed by atoms with Gasteiger partial charge in [-0.15, -0.1) is 12.4 Å². The van der Waals surface area contributed by atoms with E-state index in [9.17, 15) is 13.6 Å². The molecule has 2 heterocycles. The molecule has 0 saturated carbocycles. The Bertz CT molecular complexity index is 1100.